The number of nitrogens with one attached hydrogen (secondary N) is 1. The van der Waals surface area contributed by atoms with Crippen LogP contribution in [-0.2, 0) is 4.79 Å². The third-order valence-electron chi connectivity index (χ3n) is 4.22. The number of hydrogen-bond donors (Lipinski definition) is 1. The minimum Gasteiger partial charge on any atom is -0.300 e. The zero-order valence-electron chi connectivity index (χ0n) is 14.5. The molecule has 1 N–H and O–H groups in total. The second kappa shape index (κ2) is 7.21. The third-order valence-corrected chi connectivity index (χ3v) is 4.83. The Balaban J connectivity index is 2.28. The first-order valence-electron chi connectivity index (χ1n) is 7.95. The molecule has 0 saturated heterocycles. The van der Waals surface area contributed by atoms with E-state index in [2.05, 4.69) is 60.6 Å². The van der Waals surface area contributed by atoms with Crippen LogP contribution in [0.4, 0.5) is 5.13 Å². The maximum atomic E-state index is 12.8. The van der Waals surface area contributed by atoms with Crippen molar-refractivity contribution in [3.63, 3.8) is 0 Å². The molecule has 124 valence electrons. The van der Waals surface area contributed by atoms with Crippen LogP contribution in [0.3, 0.4) is 0 Å². The van der Waals surface area contributed by atoms with Gasteiger partial charge >= 0.3 is 0 Å². The van der Waals surface area contributed by atoms with Gasteiger partial charge in [-0.15, -0.1) is 10.2 Å². The Morgan fingerprint density at radius 2 is 1.91 bits per heavy atom. The number of aryl methyl sites for hydroxylation is 1. The van der Waals surface area contributed by atoms with E-state index >= 15 is 0 Å². The summed E-state index contributed by atoms with van der Waals surface area (Å²) in [5.74, 6) is 0.645. The fourth-order valence-electron chi connectivity index (χ4n) is 2.76. The first kappa shape index (κ1) is 17.6. The van der Waals surface area contributed by atoms with Crippen molar-refractivity contribution < 1.29 is 4.79 Å². The van der Waals surface area contributed by atoms with Crippen LogP contribution in [0.2, 0.25) is 0 Å². The van der Waals surface area contributed by atoms with Gasteiger partial charge in [-0.1, -0.05) is 68.9 Å². The lowest BCUT2D eigenvalue weighted by atomic mass is 9.70. The van der Waals surface area contributed by atoms with E-state index in [1.165, 1.54) is 22.5 Å². The predicted octanol–water partition coefficient (Wildman–Crippen LogP) is 4.64. The second-order valence-electron chi connectivity index (χ2n) is 7.01. The van der Waals surface area contributed by atoms with Gasteiger partial charge in [0.2, 0.25) is 11.0 Å². The molecule has 1 atom stereocenters. The monoisotopic (exact) mass is 331 g/mol. The van der Waals surface area contributed by atoms with Gasteiger partial charge in [0.05, 0.1) is 5.41 Å². The van der Waals surface area contributed by atoms with Gasteiger partial charge in [-0.05, 0) is 30.7 Å². The zero-order chi connectivity index (χ0) is 17.0. The largest absolute Gasteiger partial charge is 0.300 e. The molecular formula is C18H25N3OS. The minimum atomic E-state index is -0.537. The van der Waals surface area contributed by atoms with Gasteiger partial charge in [-0.2, -0.15) is 0 Å². The Morgan fingerprint density at radius 3 is 2.43 bits per heavy atom. The van der Waals surface area contributed by atoms with Crippen molar-refractivity contribution >= 4 is 22.4 Å². The zero-order valence-corrected chi connectivity index (χ0v) is 15.3. The molecule has 1 aromatic carbocycles. The Kier molecular flexibility index (Phi) is 5.52. The molecule has 1 unspecified atom stereocenters. The van der Waals surface area contributed by atoms with Crippen LogP contribution < -0.4 is 5.32 Å². The van der Waals surface area contributed by atoms with E-state index in [0.29, 0.717) is 11.0 Å². The summed E-state index contributed by atoms with van der Waals surface area (Å²) in [4.78, 5) is 12.8. The maximum absolute atomic E-state index is 12.8. The van der Waals surface area contributed by atoms with Crippen LogP contribution in [0, 0.1) is 18.3 Å². The summed E-state index contributed by atoms with van der Waals surface area (Å²) in [5.41, 5.74) is 3.52. The number of carbonyl (C=O) groups is 1. The Morgan fingerprint density at radius 1 is 1.26 bits per heavy atom. The second-order valence-corrected chi connectivity index (χ2v) is 7.85. The van der Waals surface area contributed by atoms with Gasteiger partial charge in [0.15, 0.2) is 0 Å². The molecule has 5 heteroatoms. The summed E-state index contributed by atoms with van der Waals surface area (Å²) in [6, 6.07) is 8.51. The van der Waals surface area contributed by atoms with Gasteiger partial charge in [0.1, 0.15) is 5.51 Å². The van der Waals surface area contributed by atoms with Gasteiger partial charge < -0.3 is 5.32 Å². The molecule has 0 fully saturated rings. The number of hydrogen-bond acceptors (Lipinski definition) is 4. The van der Waals surface area contributed by atoms with E-state index in [9.17, 15) is 4.79 Å². The molecule has 0 aliphatic carbocycles. The maximum Gasteiger partial charge on any atom is 0.232 e. The summed E-state index contributed by atoms with van der Waals surface area (Å²) in [7, 11) is 0. The summed E-state index contributed by atoms with van der Waals surface area (Å²) < 4.78 is 0. The Labute approximate surface area is 142 Å². The highest BCUT2D eigenvalue weighted by molar-refractivity contribution is 7.13. The molecule has 0 aliphatic heterocycles. The van der Waals surface area contributed by atoms with Gasteiger partial charge in [0.25, 0.3) is 0 Å². The van der Waals surface area contributed by atoms with Crippen molar-refractivity contribution in [2.45, 2.75) is 47.0 Å². The quantitative estimate of drug-likeness (QED) is 0.839. The molecule has 4 nitrogen and oxygen atoms in total. The SMILES string of the molecule is Cc1ccc(C(CC(C)C)C(C)(C)C(=O)Nc2nncs2)cc1. The molecule has 0 spiro atoms. The van der Waals surface area contributed by atoms with Crippen LogP contribution in [0.15, 0.2) is 29.8 Å². The number of nitrogens with zero attached hydrogens (tertiary/aromatic N) is 2. The number of carbonyl (C=O) groups excluding carboxylic acids is 1. The van der Waals surface area contributed by atoms with E-state index < -0.39 is 5.41 Å². The van der Waals surface area contributed by atoms with E-state index in [0.717, 1.165) is 6.42 Å². The average molecular weight is 331 g/mol. The van der Waals surface area contributed by atoms with Crippen molar-refractivity contribution in [2.24, 2.45) is 11.3 Å². The summed E-state index contributed by atoms with van der Waals surface area (Å²) in [6.07, 6.45) is 0.958. The van der Waals surface area contributed by atoms with Crippen LogP contribution in [0.1, 0.15) is 51.2 Å². The van der Waals surface area contributed by atoms with Crippen LogP contribution in [-0.4, -0.2) is 16.1 Å². The lowest BCUT2D eigenvalue weighted by molar-refractivity contribution is -0.125. The lowest BCUT2D eigenvalue weighted by Crippen LogP contribution is -2.37. The van der Waals surface area contributed by atoms with E-state index in [1.54, 1.807) is 5.51 Å². The highest BCUT2D eigenvalue weighted by atomic mass is 32.1. The molecule has 0 radical (unpaired) electrons. The molecule has 1 amide bonds. The fraction of sp³-hybridized carbons (Fsp3) is 0.500. The lowest BCUT2D eigenvalue weighted by Gasteiger charge is -2.34. The van der Waals surface area contributed by atoms with Crippen molar-refractivity contribution in [3.05, 3.63) is 40.9 Å². The fourth-order valence-corrected chi connectivity index (χ4v) is 3.20. The summed E-state index contributed by atoms with van der Waals surface area (Å²) >= 11 is 1.34. The normalized spacial score (nSPS) is 13.1. The Bertz CT molecular complexity index is 633. The van der Waals surface area contributed by atoms with Crippen LogP contribution in [0.25, 0.3) is 0 Å². The van der Waals surface area contributed by atoms with E-state index in [1.807, 2.05) is 13.8 Å². The molecule has 0 aliphatic rings. The van der Waals surface area contributed by atoms with E-state index in [-0.39, 0.29) is 11.8 Å². The van der Waals surface area contributed by atoms with Gasteiger partial charge in [-0.25, -0.2) is 0 Å². The van der Waals surface area contributed by atoms with Crippen molar-refractivity contribution in [2.75, 3.05) is 5.32 Å². The van der Waals surface area contributed by atoms with Crippen molar-refractivity contribution in [1.82, 2.24) is 10.2 Å². The topological polar surface area (TPSA) is 54.9 Å². The molecular weight excluding hydrogens is 306 g/mol. The number of benzene rings is 1. The number of rotatable bonds is 6. The third kappa shape index (κ3) is 4.38. The molecule has 2 aromatic rings. The highest BCUT2D eigenvalue weighted by Crippen LogP contribution is 2.41. The smallest absolute Gasteiger partial charge is 0.232 e. The first-order valence-corrected chi connectivity index (χ1v) is 8.83. The van der Waals surface area contributed by atoms with Crippen molar-refractivity contribution in [1.29, 1.82) is 0 Å². The number of amides is 1. The summed E-state index contributed by atoms with van der Waals surface area (Å²) in [5, 5.41) is 11.1. The number of aromatic nitrogens is 2. The standard InChI is InChI=1S/C18H25N3OS/c1-12(2)10-15(14-8-6-13(3)7-9-14)18(4,5)16(22)20-17-21-19-11-23-17/h6-9,11-12,15H,10H2,1-5H3,(H,20,21,22). The summed E-state index contributed by atoms with van der Waals surface area (Å²) in [6.45, 7) is 10.5. The van der Waals surface area contributed by atoms with Crippen LogP contribution in [0.5, 0.6) is 0 Å². The number of anilines is 1. The average Bonchev–Trinajstić information content (AvgIpc) is 2.98. The molecule has 0 saturated carbocycles. The molecule has 23 heavy (non-hydrogen) atoms. The van der Waals surface area contributed by atoms with E-state index in [4.69, 9.17) is 0 Å². The van der Waals surface area contributed by atoms with Crippen molar-refractivity contribution in [3.8, 4) is 0 Å². The Hall–Kier alpha value is -1.75. The predicted molar refractivity (Wildman–Crippen MR) is 95.7 cm³/mol. The first-order chi connectivity index (χ1) is 10.8. The molecule has 2 rings (SSSR count). The molecule has 0 bridgehead atoms. The minimum absolute atomic E-state index is 0.0134. The van der Waals surface area contributed by atoms with Gasteiger partial charge in [-0.3, -0.25) is 4.79 Å². The molecule has 1 aromatic heterocycles. The molecule has 1 heterocycles. The van der Waals surface area contributed by atoms with Gasteiger partial charge in [0, 0.05) is 0 Å². The highest BCUT2D eigenvalue weighted by Gasteiger charge is 2.38. The van der Waals surface area contributed by atoms with Crippen LogP contribution >= 0.6 is 11.3 Å².